The number of carbonyl (C=O) groups excluding carboxylic acids is 2. The second-order valence-electron chi connectivity index (χ2n) is 7.04. The number of aromatic nitrogens is 3. The van der Waals surface area contributed by atoms with Gasteiger partial charge in [0.2, 0.25) is 11.8 Å². The summed E-state index contributed by atoms with van der Waals surface area (Å²) < 4.78 is 14.0. The van der Waals surface area contributed by atoms with Gasteiger partial charge in [-0.15, -0.1) is 0 Å². The van der Waals surface area contributed by atoms with Crippen LogP contribution in [0, 0.1) is 12.7 Å². The number of aromatic amines is 1. The normalized spacial score (nSPS) is 17.3. The molecule has 1 atom stereocenters. The highest BCUT2D eigenvalue weighted by atomic mass is 19.1. The summed E-state index contributed by atoms with van der Waals surface area (Å²) in [6.45, 7) is 3.12. The molecule has 150 valence electrons. The molecule has 1 unspecified atom stereocenters. The number of anilines is 1. The number of carbonyl (C=O) groups is 2. The van der Waals surface area contributed by atoms with E-state index in [1.807, 2.05) is 24.0 Å². The Morgan fingerprint density at radius 2 is 2.14 bits per heavy atom. The monoisotopic (exact) mass is 396 g/mol. The molecule has 0 bridgehead atoms. The van der Waals surface area contributed by atoms with Crippen molar-refractivity contribution < 1.29 is 14.0 Å². The number of fused-ring (bicyclic) bond motifs is 1. The van der Waals surface area contributed by atoms with Crippen molar-refractivity contribution in [1.82, 2.24) is 25.4 Å². The highest BCUT2D eigenvalue weighted by Crippen LogP contribution is 2.20. The molecule has 0 aliphatic carbocycles. The lowest BCUT2D eigenvalue weighted by molar-refractivity contribution is -0.132. The highest BCUT2D eigenvalue weighted by Gasteiger charge is 2.32. The molecule has 0 saturated carbocycles. The number of pyridine rings is 1. The zero-order valence-corrected chi connectivity index (χ0v) is 15.9. The summed E-state index contributed by atoms with van der Waals surface area (Å²) in [5.41, 5.74) is 1.91. The molecule has 1 fully saturated rings. The fourth-order valence-corrected chi connectivity index (χ4v) is 3.47. The predicted octanol–water partition coefficient (Wildman–Crippen LogP) is 1.73. The van der Waals surface area contributed by atoms with Crippen molar-refractivity contribution in [3.8, 4) is 0 Å². The lowest BCUT2D eigenvalue weighted by atomic mass is 10.1. The number of amides is 2. The number of halogens is 1. The number of rotatable bonds is 5. The molecular formula is C20H21FN6O2. The number of hydrogen-bond acceptors (Lipinski definition) is 5. The third kappa shape index (κ3) is 4.09. The summed E-state index contributed by atoms with van der Waals surface area (Å²) in [5, 5.41) is 13.1. The number of benzene rings is 1. The number of H-pyrrole nitrogens is 1. The van der Waals surface area contributed by atoms with Gasteiger partial charge in [0.1, 0.15) is 5.82 Å². The van der Waals surface area contributed by atoms with Crippen molar-refractivity contribution in [3.05, 3.63) is 53.5 Å². The molecule has 3 aromatic rings. The van der Waals surface area contributed by atoms with Gasteiger partial charge in [-0.3, -0.25) is 19.6 Å². The Labute approximate surface area is 166 Å². The van der Waals surface area contributed by atoms with Gasteiger partial charge in [-0.05, 0) is 25.1 Å². The van der Waals surface area contributed by atoms with Crippen LogP contribution in [0.15, 0.2) is 36.4 Å². The number of nitrogens with one attached hydrogen (secondary N) is 3. The zero-order valence-electron chi connectivity index (χ0n) is 15.9. The topological polar surface area (TPSA) is 103 Å². The lowest BCUT2D eigenvalue weighted by Gasteiger charge is -2.34. The molecule has 0 radical (unpaired) electrons. The third-order valence-electron chi connectivity index (χ3n) is 4.97. The maximum Gasteiger partial charge on any atom is 0.237 e. The first kappa shape index (κ1) is 19.0. The van der Waals surface area contributed by atoms with Crippen molar-refractivity contribution in [2.24, 2.45) is 0 Å². The molecule has 2 amide bonds. The molecular weight excluding hydrogens is 375 g/mol. The Balaban J connectivity index is 1.48. The Morgan fingerprint density at radius 3 is 2.97 bits per heavy atom. The minimum Gasteiger partial charge on any atom is -0.353 e. The zero-order chi connectivity index (χ0) is 20.4. The van der Waals surface area contributed by atoms with E-state index in [9.17, 15) is 14.0 Å². The Hall–Kier alpha value is -3.33. The first-order valence-corrected chi connectivity index (χ1v) is 9.38. The third-order valence-corrected chi connectivity index (χ3v) is 4.97. The minimum atomic E-state index is -0.686. The van der Waals surface area contributed by atoms with Gasteiger partial charge < -0.3 is 10.6 Å². The molecule has 3 N–H and O–H groups in total. The van der Waals surface area contributed by atoms with Gasteiger partial charge in [-0.1, -0.05) is 18.2 Å². The van der Waals surface area contributed by atoms with E-state index in [2.05, 4.69) is 25.8 Å². The Morgan fingerprint density at radius 1 is 1.31 bits per heavy atom. The molecule has 2 aromatic heterocycles. The largest absolute Gasteiger partial charge is 0.353 e. The molecule has 8 nitrogen and oxygen atoms in total. The quantitative estimate of drug-likeness (QED) is 0.610. The van der Waals surface area contributed by atoms with Crippen LogP contribution in [0.2, 0.25) is 0 Å². The number of piperazine rings is 1. The molecule has 4 rings (SSSR count). The maximum absolute atomic E-state index is 14.0. The van der Waals surface area contributed by atoms with Gasteiger partial charge in [-0.25, -0.2) is 9.37 Å². The Bertz CT molecular complexity index is 1070. The summed E-state index contributed by atoms with van der Waals surface area (Å²) in [6, 6.07) is 9.42. The van der Waals surface area contributed by atoms with Crippen molar-refractivity contribution in [3.63, 3.8) is 0 Å². The molecule has 1 aromatic carbocycles. The van der Waals surface area contributed by atoms with Gasteiger partial charge in [-0.2, -0.15) is 5.10 Å². The van der Waals surface area contributed by atoms with Crippen LogP contribution in [0.3, 0.4) is 0 Å². The van der Waals surface area contributed by atoms with Crippen molar-refractivity contribution in [2.45, 2.75) is 25.9 Å². The van der Waals surface area contributed by atoms with Crippen molar-refractivity contribution in [1.29, 1.82) is 0 Å². The van der Waals surface area contributed by atoms with Crippen LogP contribution in [0.25, 0.3) is 11.0 Å². The second-order valence-corrected chi connectivity index (χ2v) is 7.04. The van der Waals surface area contributed by atoms with Gasteiger partial charge in [0.25, 0.3) is 0 Å². The number of nitrogens with zero attached hydrogens (tertiary/aromatic N) is 3. The van der Waals surface area contributed by atoms with E-state index < -0.39 is 6.04 Å². The van der Waals surface area contributed by atoms with Crippen LogP contribution in [0.1, 0.15) is 17.7 Å². The molecule has 1 saturated heterocycles. The van der Waals surface area contributed by atoms with Crippen LogP contribution >= 0.6 is 0 Å². The van der Waals surface area contributed by atoms with Gasteiger partial charge >= 0.3 is 0 Å². The van der Waals surface area contributed by atoms with E-state index in [4.69, 9.17) is 0 Å². The standard InChI is InChI=1S/C20H21FN6O2/c1-12-6-7-14-18(23-12)25-26-19(14)24-17(28)10-16-20(29)22-8-9-27(16)11-13-4-2-3-5-15(13)21/h2-7,16H,8-11H2,1H3,(H,22,29)(H2,23,24,25,26,28). The SMILES string of the molecule is Cc1ccc2c(NC(=O)CC3C(=O)NCCN3Cc3ccccc3F)n[nH]c2n1. The number of hydrogen-bond donors (Lipinski definition) is 3. The molecule has 9 heteroatoms. The van der Waals surface area contributed by atoms with Crippen molar-refractivity contribution >= 4 is 28.7 Å². The molecule has 1 aliphatic heterocycles. The smallest absolute Gasteiger partial charge is 0.237 e. The average molecular weight is 396 g/mol. The highest BCUT2D eigenvalue weighted by molar-refractivity contribution is 6.00. The number of aryl methyl sites for hydroxylation is 1. The van der Waals surface area contributed by atoms with E-state index in [0.717, 1.165) is 5.69 Å². The molecule has 3 heterocycles. The lowest BCUT2D eigenvalue weighted by Crippen LogP contribution is -2.55. The van der Waals surface area contributed by atoms with Gasteiger partial charge in [0.05, 0.1) is 17.8 Å². The molecule has 1 aliphatic rings. The summed E-state index contributed by atoms with van der Waals surface area (Å²) >= 11 is 0. The summed E-state index contributed by atoms with van der Waals surface area (Å²) in [7, 11) is 0. The molecule has 0 spiro atoms. The van der Waals surface area contributed by atoms with Crippen LogP contribution in [0.5, 0.6) is 0 Å². The predicted molar refractivity (Wildman–Crippen MR) is 105 cm³/mol. The fraction of sp³-hybridized carbons (Fsp3) is 0.300. The average Bonchev–Trinajstić information content (AvgIpc) is 3.08. The van der Waals surface area contributed by atoms with Crippen molar-refractivity contribution in [2.75, 3.05) is 18.4 Å². The van der Waals surface area contributed by atoms with Crippen LogP contribution in [0.4, 0.5) is 10.2 Å². The fourth-order valence-electron chi connectivity index (χ4n) is 3.47. The Kier molecular flexibility index (Phi) is 5.22. The summed E-state index contributed by atoms with van der Waals surface area (Å²) in [6.07, 6.45) is -0.0616. The summed E-state index contributed by atoms with van der Waals surface area (Å²) in [4.78, 5) is 31.2. The maximum atomic E-state index is 14.0. The van der Waals surface area contributed by atoms with Crippen LogP contribution in [-0.2, 0) is 16.1 Å². The molecule has 29 heavy (non-hydrogen) atoms. The van der Waals surface area contributed by atoms with E-state index in [1.54, 1.807) is 18.2 Å². The first-order valence-electron chi connectivity index (χ1n) is 9.38. The van der Waals surface area contributed by atoms with Crippen LogP contribution < -0.4 is 10.6 Å². The summed E-state index contributed by atoms with van der Waals surface area (Å²) in [5.74, 6) is -0.548. The van der Waals surface area contributed by atoms with E-state index in [-0.39, 0.29) is 30.6 Å². The second kappa shape index (κ2) is 7.96. The van der Waals surface area contributed by atoms with Gasteiger partial charge in [0, 0.05) is 30.9 Å². The van der Waals surface area contributed by atoms with E-state index >= 15 is 0 Å². The first-order chi connectivity index (χ1) is 14.0. The van der Waals surface area contributed by atoms with E-state index in [0.29, 0.717) is 35.5 Å². The minimum absolute atomic E-state index is 0.0616. The van der Waals surface area contributed by atoms with Gasteiger partial charge in [0.15, 0.2) is 11.5 Å². The van der Waals surface area contributed by atoms with E-state index in [1.165, 1.54) is 6.07 Å². The van der Waals surface area contributed by atoms with Crippen LogP contribution in [-0.4, -0.2) is 51.0 Å².